The van der Waals surface area contributed by atoms with Gasteiger partial charge in [0, 0.05) is 24.4 Å². The Hall–Kier alpha value is -3.39. The van der Waals surface area contributed by atoms with E-state index in [0.29, 0.717) is 19.0 Å². The molecule has 5 rings (SSSR count). The number of methoxy groups -OCH3 is 1. The molecule has 4 heterocycles. The highest BCUT2D eigenvalue weighted by atomic mass is 16.6. The zero-order chi connectivity index (χ0) is 21.9. The van der Waals surface area contributed by atoms with Gasteiger partial charge in [-0.05, 0) is 44.0 Å². The van der Waals surface area contributed by atoms with Gasteiger partial charge in [0.25, 0.3) is 0 Å². The summed E-state index contributed by atoms with van der Waals surface area (Å²) in [4.78, 5) is 16.1. The van der Waals surface area contributed by atoms with E-state index in [-0.39, 0.29) is 6.04 Å². The molecule has 1 atom stereocenters. The first-order valence-electron chi connectivity index (χ1n) is 10.9. The van der Waals surface area contributed by atoms with Crippen LogP contribution in [-0.4, -0.2) is 46.7 Å². The molecular weight excluding hydrogens is 406 g/mol. The Morgan fingerprint density at radius 3 is 2.84 bits per heavy atom. The van der Waals surface area contributed by atoms with Crippen LogP contribution in [0.3, 0.4) is 0 Å². The molecule has 0 radical (unpaired) electrons. The van der Waals surface area contributed by atoms with Crippen molar-refractivity contribution in [3.63, 3.8) is 0 Å². The molecule has 1 aromatic carbocycles. The molecule has 2 aliphatic heterocycles. The molecule has 32 heavy (non-hydrogen) atoms. The summed E-state index contributed by atoms with van der Waals surface area (Å²) in [6.07, 6.45) is 7.51. The van der Waals surface area contributed by atoms with Gasteiger partial charge in [0.1, 0.15) is 30.6 Å². The van der Waals surface area contributed by atoms with Crippen LogP contribution in [0.4, 0.5) is 11.6 Å². The molecule has 2 aromatic heterocycles. The molecular formula is C24H27N5O3. The minimum Gasteiger partial charge on any atom is -0.496 e. The van der Waals surface area contributed by atoms with Gasteiger partial charge in [0.05, 0.1) is 31.2 Å². The van der Waals surface area contributed by atoms with Gasteiger partial charge in [-0.1, -0.05) is 6.07 Å². The highest BCUT2D eigenvalue weighted by molar-refractivity contribution is 5.54. The Balaban J connectivity index is 1.37. The van der Waals surface area contributed by atoms with Gasteiger partial charge in [-0.3, -0.25) is 9.88 Å². The van der Waals surface area contributed by atoms with Crippen LogP contribution in [-0.2, 0) is 6.54 Å². The zero-order valence-electron chi connectivity index (χ0n) is 18.4. The third-order valence-electron chi connectivity index (χ3n) is 5.93. The highest BCUT2D eigenvalue weighted by Crippen LogP contribution is 2.39. The van der Waals surface area contributed by atoms with E-state index in [2.05, 4.69) is 20.2 Å². The van der Waals surface area contributed by atoms with Crippen molar-refractivity contribution >= 4 is 11.6 Å². The van der Waals surface area contributed by atoms with E-state index in [9.17, 15) is 0 Å². The zero-order valence-corrected chi connectivity index (χ0v) is 18.4. The summed E-state index contributed by atoms with van der Waals surface area (Å²) in [7, 11) is 1.69. The molecule has 0 bridgehead atoms. The molecule has 0 aliphatic carbocycles. The molecule has 0 saturated carbocycles. The maximum Gasteiger partial charge on any atom is 0.165 e. The highest BCUT2D eigenvalue weighted by Gasteiger charge is 2.29. The summed E-state index contributed by atoms with van der Waals surface area (Å²) in [5, 5.41) is 3.30. The Bertz CT molecular complexity index is 1110. The van der Waals surface area contributed by atoms with Gasteiger partial charge in [-0.25, -0.2) is 9.97 Å². The fourth-order valence-corrected chi connectivity index (χ4v) is 4.33. The maximum atomic E-state index is 5.79. The van der Waals surface area contributed by atoms with Crippen LogP contribution >= 0.6 is 0 Å². The van der Waals surface area contributed by atoms with E-state index in [0.717, 1.165) is 65.8 Å². The number of nitrogens with zero attached hydrogens (tertiary/aromatic N) is 4. The number of ether oxygens (including phenoxy) is 3. The second-order valence-corrected chi connectivity index (χ2v) is 8.06. The number of hydrogen-bond donors (Lipinski definition) is 1. The molecule has 0 amide bonds. The lowest BCUT2D eigenvalue weighted by Gasteiger charge is -2.26. The molecule has 2 aliphatic rings. The van der Waals surface area contributed by atoms with E-state index in [1.807, 2.05) is 37.4 Å². The number of hydrogen-bond acceptors (Lipinski definition) is 8. The summed E-state index contributed by atoms with van der Waals surface area (Å²) >= 11 is 0. The van der Waals surface area contributed by atoms with E-state index < -0.39 is 0 Å². The first-order valence-corrected chi connectivity index (χ1v) is 10.9. The smallest absolute Gasteiger partial charge is 0.165 e. The second kappa shape index (κ2) is 9.00. The van der Waals surface area contributed by atoms with Gasteiger partial charge in [-0.2, -0.15) is 0 Å². The predicted molar refractivity (Wildman–Crippen MR) is 121 cm³/mol. The van der Waals surface area contributed by atoms with Crippen LogP contribution in [0, 0.1) is 6.92 Å². The standard InChI is InChI=1S/C24H27N5O3/c1-16-5-3-7-26-24(16)28-23-14-25-13-18(27-23)19-6-4-8-29(19)15-17-11-21-22(12-20(17)30-2)32-10-9-31-21/h3,5,7,11-14,19H,4,6,8-10,15H2,1-2H3,(H,26,27,28)/t19-/m1/s1. The van der Waals surface area contributed by atoms with Crippen molar-refractivity contribution in [3.8, 4) is 17.2 Å². The third-order valence-corrected chi connectivity index (χ3v) is 5.93. The SMILES string of the molecule is COc1cc2c(cc1CN1CCC[C@@H]1c1cncc(Nc3ncccc3C)n1)OCCO2. The van der Waals surface area contributed by atoms with Crippen LogP contribution in [0.1, 0.15) is 35.7 Å². The Morgan fingerprint density at radius 1 is 1.19 bits per heavy atom. The van der Waals surface area contributed by atoms with Crippen LogP contribution in [0.25, 0.3) is 0 Å². The van der Waals surface area contributed by atoms with Gasteiger partial charge in [0.2, 0.25) is 0 Å². The van der Waals surface area contributed by atoms with Gasteiger partial charge in [0.15, 0.2) is 11.5 Å². The number of rotatable bonds is 6. The number of nitrogens with one attached hydrogen (secondary N) is 1. The number of benzene rings is 1. The van der Waals surface area contributed by atoms with Gasteiger partial charge < -0.3 is 19.5 Å². The molecule has 1 N–H and O–H groups in total. The van der Waals surface area contributed by atoms with Crippen molar-refractivity contribution in [2.75, 3.05) is 32.2 Å². The molecule has 1 saturated heterocycles. The van der Waals surface area contributed by atoms with Crippen LogP contribution in [0.2, 0.25) is 0 Å². The van der Waals surface area contributed by atoms with Crippen molar-refractivity contribution < 1.29 is 14.2 Å². The largest absolute Gasteiger partial charge is 0.496 e. The number of anilines is 2. The Labute approximate surface area is 187 Å². The fraction of sp³-hybridized carbons (Fsp3) is 0.375. The van der Waals surface area contributed by atoms with E-state index in [4.69, 9.17) is 19.2 Å². The van der Waals surface area contributed by atoms with E-state index in [1.165, 1.54) is 0 Å². The lowest BCUT2D eigenvalue weighted by molar-refractivity contribution is 0.169. The quantitative estimate of drug-likeness (QED) is 0.624. The average molecular weight is 434 g/mol. The minimum atomic E-state index is 0.187. The van der Waals surface area contributed by atoms with Gasteiger partial charge in [-0.15, -0.1) is 0 Å². The minimum absolute atomic E-state index is 0.187. The van der Waals surface area contributed by atoms with Crippen molar-refractivity contribution in [1.82, 2.24) is 19.9 Å². The first-order chi connectivity index (χ1) is 15.7. The van der Waals surface area contributed by atoms with Crippen molar-refractivity contribution in [2.24, 2.45) is 0 Å². The molecule has 166 valence electrons. The predicted octanol–water partition coefficient (Wildman–Crippen LogP) is 4.04. The Morgan fingerprint density at radius 2 is 2.03 bits per heavy atom. The number of fused-ring (bicyclic) bond motifs is 1. The van der Waals surface area contributed by atoms with Crippen LogP contribution in [0.5, 0.6) is 17.2 Å². The normalized spacial score (nSPS) is 17.9. The van der Waals surface area contributed by atoms with Crippen LogP contribution in [0.15, 0.2) is 42.9 Å². The summed E-state index contributed by atoms with van der Waals surface area (Å²) in [6, 6.07) is 8.09. The molecule has 3 aromatic rings. The molecule has 1 fully saturated rings. The van der Waals surface area contributed by atoms with Crippen LogP contribution < -0.4 is 19.5 Å². The average Bonchev–Trinajstić information content (AvgIpc) is 3.28. The lowest BCUT2D eigenvalue weighted by Crippen LogP contribution is -2.24. The summed E-state index contributed by atoms with van der Waals surface area (Å²) in [6.45, 7) is 4.87. The van der Waals surface area contributed by atoms with Crippen molar-refractivity contribution in [2.45, 2.75) is 32.4 Å². The molecule has 8 nitrogen and oxygen atoms in total. The fourth-order valence-electron chi connectivity index (χ4n) is 4.33. The van der Waals surface area contributed by atoms with Crippen molar-refractivity contribution in [3.05, 3.63) is 59.7 Å². The number of likely N-dealkylation sites (tertiary alicyclic amines) is 1. The topological polar surface area (TPSA) is 81.6 Å². The molecule has 8 heteroatoms. The van der Waals surface area contributed by atoms with Gasteiger partial charge >= 0.3 is 0 Å². The second-order valence-electron chi connectivity index (χ2n) is 8.06. The first kappa shape index (κ1) is 20.5. The number of pyridine rings is 1. The monoisotopic (exact) mass is 433 g/mol. The summed E-state index contributed by atoms with van der Waals surface area (Å²) in [5.74, 6) is 3.83. The third kappa shape index (κ3) is 4.18. The Kier molecular flexibility index (Phi) is 5.77. The number of aryl methyl sites for hydroxylation is 1. The van der Waals surface area contributed by atoms with Crippen molar-refractivity contribution in [1.29, 1.82) is 0 Å². The summed E-state index contributed by atoms with van der Waals surface area (Å²) < 4.78 is 17.1. The lowest BCUT2D eigenvalue weighted by atomic mass is 10.1. The van der Waals surface area contributed by atoms with E-state index >= 15 is 0 Å². The number of aromatic nitrogens is 3. The summed E-state index contributed by atoms with van der Waals surface area (Å²) in [5.41, 5.74) is 3.10. The molecule has 0 spiro atoms. The molecule has 0 unspecified atom stereocenters. The maximum absolute atomic E-state index is 5.79. The van der Waals surface area contributed by atoms with E-state index in [1.54, 1.807) is 19.5 Å².